The smallest absolute Gasteiger partial charge is 0.287 e. The molecule has 15 nitrogen and oxygen atoms in total. The summed E-state index contributed by atoms with van der Waals surface area (Å²) < 4.78 is 12.4. The number of nitrogens with two attached hydrogens (primary N) is 1. The number of aromatic nitrogens is 3. The number of nitrogens with zero attached hydrogens (tertiary/aromatic N) is 4. The number of amides is 4. The predicted octanol–water partition coefficient (Wildman–Crippen LogP) is 1.88. The maximum Gasteiger partial charge on any atom is 0.287 e. The summed E-state index contributed by atoms with van der Waals surface area (Å²) in [5.74, 6) is -3.45. The third kappa shape index (κ3) is 7.29. The highest BCUT2D eigenvalue weighted by Crippen LogP contribution is 2.34. The van der Waals surface area contributed by atoms with Crippen LogP contribution in [-0.2, 0) is 29.5 Å². The molecule has 1 aliphatic carbocycles. The molecule has 0 spiro atoms. The van der Waals surface area contributed by atoms with E-state index in [0.29, 0.717) is 23.3 Å². The molecule has 0 radical (unpaired) electrons. The molecule has 4 amide bonds. The molecule has 2 aromatic heterocycles. The van der Waals surface area contributed by atoms with Gasteiger partial charge in [0.1, 0.15) is 28.8 Å². The highest BCUT2D eigenvalue weighted by molar-refractivity contribution is 6.39. The Bertz CT molecular complexity index is 1750. The average Bonchev–Trinajstić information content (AvgIpc) is 3.87. The van der Waals surface area contributed by atoms with E-state index in [1.165, 1.54) is 22.0 Å². The number of ketones is 1. The van der Waals surface area contributed by atoms with E-state index in [4.69, 9.17) is 14.9 Å². The van der Waals surface area contributed by atoms with Crippen molar-refractivity contribution in [3.05, 3.63) is 48.0 Å². The zero-order valence-corrected chi connectivity index (χ0v) is 28.4. The van der Waals surface area contributed by atoms with Gasteiger partial charge in [0.2, 0.25) is 17.6 Å². The highest BCUT2D eigenvalue weighted by Gasteiger charge is 2.49. The molecule has 2 aliphatic heterocycles. The summed E-state index contributed by atoms with van der Waals surface area (Å²) in [6, 6.07) is 4.14. The van der Waals surface area contributed by atoms with Crippen LogP contribution in [0.5, 0.6) is 0 Å². The molecule has 3 atom stereocenters. The molecule has 1 saturated carbocycles. The highest BCUT2D eigenvalue weighted by atomic mass is 16.5. The first-order chi connectivity index (χ1) is 23.9. The zero-order valence-electron chi connectivity index (χ0n) is 28.4. The summed E-state index contributed by atoms with van der Waals surface area (Å²) in [7, 11) is 0. The van der Waals surface area contributed by atoms with E-state index in [9.17, 15) is 29.1 Å². The molecular weight excluding hydrogens is 646 g/mol. The second-order valence-corrected chi connectivity index (χ2v) is 14.3. The Labute approximate surface area is 289 Å². The van der Waals surface area contributed by atoms with Gasteiger partial charge in [-0.05, 0) is 50.5 Å². The Hall–Kier alpha value is -4.63. The predicted molar refractivity (Wildman–Crippen MR) is 178 cm³/mol. The van der Waals surface area contributed by atoms with E-state index in [1.54, 1.807) is 38.1 Å². The van der Waals surface area contributed by atoms with E-state index < -0.39 is 58.7 Å². The van der Waals surface area contributed by atoms with Crippen LogP contribution in [0.4, 0.5) is 0 Å². The van der Waals surface area contributed by atoms with Gasteiger partial charge in [-0.15, -0.1) is 5.10 Å². The van der Waals surface area contributed by atoms with Gasteiger partial charge >= 0.3 is 0 Å². The lowest BCUT2D eigenvalue weighted by atomic mass is 9.84. The van der Waals surface area contributed by atoms with Crippen molar-refractivity contribution < 1.29 is 38.2 Å². The van der Waals surface area contributed by atoms with Crippen molar-refractivity contribution in [3.8, 4) is 0 Å². The molecule has 268 valence electrons. The number of benzene rings is 1. The van der Waals surface area contributed by atoms with Crippen molar-refractivity contribution in [2.45, 2.75) is 101 Å². The second-order valence-electron chi connectivity index (χ2n) is 14.3. The fourth-order valence-corrected chi connectivity index (χ4v) is 7.65. The van der Waals surface area contributed by atoms with Crippen LogP contribution in [0.25, 0.3) is 11.0 Å². The monoisotopic (exact) mass is 691 g/mol. The van der Waals surface area contributed by atoms with Crippen LogP contribution in [-0.4, -0.2) is 91.8 Å². The van der Waals surface area contributed by atoms with Gasteiger partial charge in [-0.1, -0.05) is 37.3 Å². The number of rotatable bonds is 11. The molecule has 3 aliphatic rings. The summed E-state index contributed by atoms with van der Waals surface area (Å²) in [6.45, 7) is 3.45. The molecule has 2 saturated heterocycles. The van der Waals surface area contributed by atoms with Gasteiger partial charge in [0.05, 0.1) is 24.2 Å². The van der Waals surface area contributed by atoms with Crippen LogP contribution in [0, 0.1) is 5.92 Å². The van der Waals surface area contributed by atoms with Crippen molar-refractivity contribution in [2.24, 2.45) is 11.7 Å². The van der Waals surface area contributed by atoms with Crippen LogP contribution in [0.1, 0.15) is 93.7 Å². The Morgan fingerprint density at radius 2 is 1.84 bits per heavy atom. The lowest BCUT2D eigenvalue weighted by Crippen LogP contribution is -2.64. The van der Waals surface area contributed by atoms with Crippen molar-refractivity contribution in [2.75, 3.05) is 19.8 Å². The number of primary amides is 1. The molecule has 3 fully saturated rings. The number of Topliss-reactive ketones (excluding diaryl/α,β-unsaturated/α-hetero) is 1. The average molecular weight is 692 g/mol. The Kier molecular flexibility index (Phi) is 10.1. The molecule has 6 rings (SSSR count). The number of furan rings is 1. The molecular formula is C35H45N7O8. The SMILES string of the molecule is CC(C)(O)c1cnnn1[C@H]1C[C@@H](C(=O)NC2(C(=O)C(N)=O)CCOCC2)N(C(=O)[C@@H](CC2CCCCC2)NC(=O)c2ccc3occc3c2)C1. The van der Waals surface area contributed by atoms with Crippen LogP contribution in [0.2, 0.25) is 0 Å². The van der Waals surface area contributed by atoms with Gasteiger partial charge in [-0.3, -0.25) is 24.0 Å². The minimum atomic E-state index is -1.58. The summed E-state index contributed by atoms with van der Waals surface area (Å²) in [6.07, 6.45) is 8.51. The quantitative estimate of drug-likeness (QED) is 0.214. The number of nitrogens with one attached hydrogen (secondary N) is 2. The topological polar surface area (TPSA) is 212 Å². The number of aliphatic hydroxyl groups is 1. The van der Waals surface area contributed by atoms with E-state index in [2.05, 4.69) is 20.9 Å². The maximum atomic E-state index is 14.7. The summed E-state index contributed by atoms with van der Waals surface area (Å²) in [5.41, 5.74) is 3.88. The van der Waals surface area contributed by atoms with Crippen LogP contribution in [0.15, 0.2) is 41.1 Å². The third-order valence-corrected chi connectivity index (χ3v) is 10.4. The molecule has 1 aromatic carbocycles. The molecule has 0 bridgehead atoms. The number of hydrogen-bond acceptors (Lipinski definition) is 10. The van der Waals surface area contributed by atoms with Gasteiger partial charge in [0.15, 0.2) is 0 Å². The van der Waals surface area contributed by atoms with E-state index >= 15 is 0 Å². The van der Waals surface area contributed by atoms with Crippen molar-refractivity contribution in [3.63, 3.8) is 0 Å². The number of likely N-dealkylation sites (tertiary alicyclic amines) is 1. The standard InChI is InChI=1S/C35H45N7O8/c1-34(2,48)28-19-37-40-42(28)24-18-26(32(46)39-35(29(43)30(36)44)11-14-49-15-12-35)41(20-24)33(47)25(16-21-6-4-3-5-7-21)38-31(45)23-8-9-27-22(17-23)10-13-50-27/h8-10,13,17,19,21,24-26,48H,3-7,11-12,14-16,18,20H2,1-2H3,(H2,36,44)(H,38,45)(H,39,46)/t24-,25+,26-/m0/s1. The first kappa shape index (κ1) is 35.2. The van der Waals surface area contributed by atoms with Crippen molar-refractivity contribution in [1.82, 2.24) is 30.5 Å². The van der Waals surface area contributed by atoms with Crippen molar-refractivity contribution >= 4 is 40.4 Å². The second kappa shape index (κ2) is 14.3. The largest absolute Gasteiger partial charge is 0.464 e. The van der Waals surface area contributed by atoms with Gasteiger partial charge in [-0.2, -0.15) is 0 Å². The minimum Gasteiger partial charge on any atom is -0.464 e. The summed E-state index contributed by atoms with van der Waals surface area (Å²) in [4.78, 5) is 69.4. The Morgan fingerprint density at radius 1 is 1.10 bits per heavy atom. The molecule has 0 unspecified atom stereocenters. The number of ether oxygens (including phenoxy) is 1. The fourth-order valence-electron chi connectivity index (χ4n) is 7.65. The van der Waals surface area contributed by atoms with Gasteiger partial charge in [0, 0.05) is 50.0 Å². The zero-order chi connectivity index (χ0) is 35.6. The summed E-state index contributed by atoms with van der Waals surface area (Å²) in [5, 5.41) is 25.6. The summed E-state index contributed by atoms with van der Waals surface area (Å²) >= 11 is 0. The number of carbonyl (C=O) groups excluding carboxylic acids is 5. The molecule has 50 heavy (non-hydrogen) atoms. The van der Waals surface area contributed by atoms with Gasteiger partial charge in [-0.25, -0.2) is 4.68 Å². The Balaban J connectivity index is 1.33. The maximum absolute atomic E-state index is 14.7. The molecule has 3 aromatic rings. The lowest BCUT2D eigenvalue weighted by Gasteiger charge is -2.37. The van der Waals surface area contributed by atoms with E-state index in [-0.39, 0.29) is 44.9 Å². The third-order valence-electron chi connectivity index (χ3n) is 10.4. The fraction of sp³-hybridized carbons (Fsp3) is 0.571. The van der Waals surface area contributed by atoms with Gasteiger partial charge in [0.25, 0.3) is 11.8 Å². The first-order valence-electron chi connectivity index (χ1n) is 17.3. The van der Waals surface area contributed by atoms with Crippen LogP contribution >= 0.6 is 0 Å². The molecule has 5 N–H and O–H groups in total. The van der Waals surface area contributed by atoms with Crippen molar-refractivity contribution in [1.29, 1.82) is 0 Å². The lowest BCUT2D eigenvalue weighted by molar-refractivity contribution is -0.147. The normalized spacial score (nSPS) is 21.9. The first-order valence-corrected chi connectivity index (χ1v) is 17.3. The van der Waals surface area contributed by atoms with E-state index in [1.807, 2.05) is 0 Å². The number of fused-ring (bicyclic) bond motifs is 1. The molecule has 4 heterocycles. The molecule has 15 heteroatoms. The van der Waals surface area contributed by atoms with Crippen LogP contribution in [0.3, 0.4) is 0 Å². The Morgan fingerprint density at radius 3 is 2.54 bits per heavy atom. The number of carbonyl (C=O) groups is 5. The van der Waals surface area contributed by atoms with E-state index in [0.717, 1.165) is 37.5 Å². The minimum absolute atomic E-state index is 0.0151. The van der Waals surface area contributed by atoms with Crippen LogP contribution < -0.4 is 16.4 Å². The number of hydrogen-bond donors (Lipinski definition) is 4. The van der Waals surface area contributed by atoms with Gasteiger partial charge < -0.3 is 35.5 Å².